The SMILES string of the molecule is O=C(Nc1ccc(C(F)(F)F)cc1)C1CN(c2nc(-c3ccncn3)cc(=O)n2CI)CCO1. The smallest absolute Gasteiger partial charge is 0.365 e. The third kappa shape index (κ3) is 5.35. The lowest BCUT2D eigenvalue weighted by Crippen LogP contribution is -2.49. The van der Waals surface area contributed by atoms with Gasteiger partial charge in [-0.15, -0.1) is 0 Å². The molecule has 3 aromatic rings. The Labute approximate surface area is 205 Å². The fourth-order valence-electron chi connectivity index (χ4n) is 3.38. The predicted octanol–water partition coefficient (Wildman–Crippen LogP) is 2.96. The first-order valence-electron chi connectivity index (χ1n) is 10.0. The van der Waals surface area contributed by atoms with Crippen LogP contribution in [0.2, 0.25) is 0 Å². The molecule has 1 atom stereocenters. The van der Waals surface area contributed by atoms with E-state index in [4.69, 9.17) is 4.74 Å². The van der Waals surface area contributed by atoms with E-state index >= 15 is 0 Å². The van der Waals surface area contributed by atoms with Gasteiger partial charge >= 0.3 is 6.18 Å². The second kappa shape index (κ2) is 10.0. The van der Waals surface area contributed by atoms with E-state index < -0.39 is 23.8 Å². The molecule has 9 nitrogen and oxygen atoms in total. The molecular weight excluding hydrogens is 568 g/mol. The Bertz CT molecular complexity index is 1220. The summed E-state index contributed by atoms with van der Waals surface area (Å²) >= 11 is 2.05. The molecule has 13 heteroatoms. The van der Waals surface area contributed by atoms with E-state index in [1.54, 1.807) is 17.2 Å². The Balaban J connectivity index is 1.54. The van der Waals surface area contributed by atoms with Crippen LogP contribution in [0.5, 0.6) is 0 Å². The number of ether oxygens (including phenoxy) is 1. The van der Waals surface area contributed by atoms with Gasteiger partial charge < -0.3 is 15.0 Å². The molecule has 4 rings (SSSR count). The standard InChI is InChI=1S/C21H18F3IN6O3/c22-21(23,24)13-1-3-14(4-2-13)28-19(33)17-10-30(7-8-34-17)20-29-16(9-18(32)31(20)11-25)15-5-6-26-12-27-15/h1-6,9,12,17H,7-8,10-11H2,(H,28,33). The number of hydrogen-bond donors (Lipinski definition) is 1. The average Bonchev–Trinajstić information content (AvgIpc) is 2.84. The molecule has 1 unspecified atom stereocenters. The van der Waals surface area contributed by atoms with Crippen molar-refractivity contribution in [1.29, 1.82) is 0 Å². The van der Waals surface area contributed by atoms with Gasteiger partial charge in [0, 0.05) is 24.5 Å². The fourth-order valence-corrected chi connectivity index (χ4v) is 4.02. The number of hydrogen-bond acceptors (Lipinski definition) is 7. The maximum absolute atomic E-state index is 12.8. The Morgan fingerprint density at radius 3 is 2.62 bits per heavy atom. The Morgan fingerprint density at radius 1 is 1.21 bits per heavy atom. The first kappa shape index (κ1) is 24.1. The zero-order valence-electron chi connectivity index (χ0n) is 17.5. The van der Waals surface area contributed by atoms with Gasteiger partial charge in [-0.25, -0.2) is 15.0 Å². The lowest BCUT2D eigenvalue weighted by Gasteiger charge is -2.34. The van der Waals surface area contributed by atoms with E-state index in [-0.39, 0.29) is 24.4 Å². The Morgan fingerprint density at radius 2 is 1.97 bits per heavy atom. The number of anilines is 2. The minimum absolute atomic E-state index is 0.1000. The van der Waals surface area contributed by atoms with E-state index in [9.17, 15) is 22.8 Å². The van der Waals surface area contributed by atoms with Gasteiger partial charge in [0.15, 0.2) is 6.10 Å². The van der Waals surface area contributed by atoms with Crippen LogP contribution < -0.4 is 15.8 Å². The van der Waals surface area contributed by atoms with Crippen molar-refractivity contribution in [2.75, 3.05) is 29.9 Å². The van der Waals surface area contributed by atoms with Crippen LogP contribution in [0.3, 0.4) is 0 Å². The minimum atomic E-state index is -4.46. The van der Waals surface area contributed by atoms with Gasteiger partial charge in [-0.3, -0.25) is 14.2 Å². The summed E-state index contributed by atoms with van der Waals surface area (Å²) in [4.78, 5) is 39.9. The summed E-state index contributed by atoms with van der Waals surface area (Å²) in [5.74, 6) is -0.147. The highest BCUT2D eigenvalue weighted by Gasteiger charge is 2.31. The summed E-state index contributed by atoms with van der Waals surface area (Å²) in [6.07, 6.45) is -2.48. The maximum Gasteiger partial charge on any atom is 0.416 e. The van der Waals surface area contributed by atoms with Crippen molar-refractivity contribution in [3.63, 3.8) is 0 Å². The molecule has 1 amide bonds. The first-order valence-corrected chi connectivity index (χ1v) is 11.6. The summed E-state index contributed by atoms with van der Waals surface area (Å²) in [5, 5.41) is 2.57. The summed E-state index contributed by atoms with van der Waals surface area (Å²) in [7, 11) is 0. The van der Waals surface area contributed by atoms with Crippen LogP contribution in [0.4, 0.5) is 24.8 Å². The normalized spacial score (nSPS) is 16.4. The molecular formula is C21H18F3IN6O3. The largest absolute Gasteiger partial charge is 0.416 e. The van der Waals surface area contributed by atoms with E-state index in [0.29, 0.717) is 28.4 Å². The van der Waals surface area contributed by atoms with Crippen LogP contribution >= 0.6 is 22.6 Å². The van der Waals surface area contributed by atoms with E-state index in [2.05, 4.69) is 20.3 Å². The zero-order chi connectivity index (χ0) is 24.3. The number of amides is 1. The monoisotopic (exact) mass is 586 g/mol. The zero-order valence-corrected chi connectivity index (χ0v) is 19.7. The highest BCUT2D eigenvalue weighted by Crippen LogP contribution is 2.30. The molecule has 1 aliphatic rings. The van der Waals surface area contributed by atoms with Crippen molar-refractivity contribution < 1.29 is 22.7 Å². The second-order valence-corrected chi connectivity index (χ2v) is 7.97. The summed E-state index contributed by atoms with van der Waals surface area (Å²) in [6, 6.07) is 7.18. The molecule has 1 N–H and O–H groups in total. The third-order valence-corrected chi connectivity index (χ3v) is 5.76. The number of nitrogens with one attached hydrogen (secondary N) is 1. The molecule has 1 aromatic carbocycles. The number of alkyl halides is 4. The predicted molar refractivity (Wildman–Crippen MR) is 126 cm³/mol. The third-order valence-electron chi connectivity index (χ3n) is 5.07. The number of rotatable bonds is 5. The number of carbonyl (C=O) groups excluding carboxylic acids is 1. The summed E-state index contributed by atoms with van der Waals surface area (Å²) < 4.78 is 45.7. The molecule has 1 aliphatic heterocycles. The van der Waals surface area contributed by atoms with Crippen molar-refractivity contribution in [3.05, 3.63) is 64.8 Å². The highest BCUT2D eigenvalue weighted by molar-refractivity contribution is 14.1. The van der Waals surface area contributed by atoms with Crippen molar-refractivity contribution in [2.24, 2.45) is 0 Å². The molecule has 1 fully saturated rings. The van der Waals surface area contributed by atoms with Gasteiger partial charge in [0.25, 0.3) is 11.5 Å². The van der Waals surface area contributed by atoms with Crippen LogP contribution in [0.1, 0.15) is 5.56 Å². The number of morpholine rings is 1. The number of nitrogens with zero attached hydrogens (tertiary/aromatic N) is 5. The van der Waals surface area contributed by atoms with E-state index in [0.717, 1.165) is 12.1 Å². The van der Waals surface area contributed by atoms with Gasteiger partial charge in [0.05, 0.1) is 34.7 Å². The number of carbonyl (C=O) groups is 1. The van der Waals surface area contributed by atoms with Crippen molar-refractivity contribution in [3.8, 4) is 11.4 Å². The molecule has 0 spiro atoms. The summed E-state index contributed by atoms with van der Waals surface area (Å²) in [6.45, 7) is 0.684. The van der Waals surface area contributed by atoms with Gasteiger partial charge in [-0.1, -0.05) is 22.6 Å². The lowest BCUT2D eigenvalue weighted by atomic mass is 10.2. The molecule has 178 valence electrons. The van der Waals surface area contributed by atoms with Crippen LogP contribution in [0.25, 0.3) is 11.4 Å². The number of aromatic nitrogens is 4. The molecule has 34 heavy (non-hydrogen) atoms. The Kier molecular flexibility index (Phi) is 7.11. The molecule has 0 aliphatic carbocycles. The van der Waals surface area contributed by atoms with Crippen LogP contribution in [0.15, 0.2) is 53.7 Å². The topological polar surface area (TPSA) is 102 Å². The van der Waals surface area contributed by atoms with Gasteiger partial charge in [0.1, 0.15) is 6.33 Å². The average molecular weight is 586 g/mol. The van der Waals surface area contributed by atoms with Crippen LogP contribution in [-0.4, -0.2) is 51.2 Å². The first-order chi connectivity index (χ1) is 16.3. The van der Waals surface area contributed by atoms with E-state index in [1.807, 2.05) is 22.6 Å². The number of halogens is 4. The lowest BCUT2D eigenvalue weighted by molar-refractivity contribution is -0.137. The molecule has 3 heterocycles. The van der Waals surface area contributed by atoms with Crippen molar-refractivity contribution >= 4 is 40.1 Å². The molecule has 2 aromatic heterocycles. The molecule has 0 radical (unpaired) electrons. The van der Waals surface area contributed by atoms with Gasteiger partial charge in [-0.2, -0.15) is 13.2 Å². The second-order valence-electron chi connectivity index (χ2n) is 7.29. The fraction of sp³-hybridized carbons (Fsp3) is 0.286. The van der Waals surface area contributed by atoms with Gasteiger partial charge in [0.2, 0.25) is 5.95 Å². The maximum atomic E-state index is 12.8. The highest BCUT2D eigenvalue weighted by atomic mass is 127. The Hall–Kier alpha value is -3.07. The molecule has 0 bridgehead atoms. The number of benzene rings is 1. The van der Waals surface area contributed by atoms with Gasteiger partial charge in [-0.05, 0) is 30.3 Å². The summed E-state index contributed by atoms with van der Waals surface area (Å²) in [5.41, 5.74) is -0.00592. The quantitative estimate of drug-likeness (QED) is 0.363. The minimum Gasteiger partial charge on any atom is -0.365 e. The van der Waals surface area contributed by atoms with Crippen molar-refractivity contribution in [2.45, 2.75) is 16.8 Å². The van der Waals surface area contributed by atoms with Crippen LogP contribution in [-0.2, 0) is 20.3 Å². The molecule has 0 saturated carbocycles. The van der Waals surface area contributed by atoms with Crippen LogP contribution in [0, 0.1) is 0 Å². The molecule has 1 saturated heterocycles. The van der Waals surface area contributed by atoms with Crippen molar-refractivity contribution in [1.82, 2.24) is 19.5 Å². The van der Waals surface area contributed by atoms with E-state index in [1.165, 1.54) is 29.1 Å².